The van der Waals surface area contributed by atoms with Crippen molar-refractivity contribution in [3.8, 4) is 0 Å². The van der Waals surface area contributed by atoms with Crippen LogP contribution in [0.2, 0.25) is 0 Å². The van der Waals surface area contributed by atoms with Crippen LogP contribution in [-0.4, -0.2) is 20.9 Å². The third-order valence-corrected chi connectivity index (χ3v) is 6.71. The first-order chi connectivity index (χ1) is 13.8. The van der Waals surface area contributed by atoms with E-state index in [1.807, 2.05) is 6.92 Å². The molecule has 3 aromatic carbocycles. The number of nitrogens with one attached hydrogen (secondary N) is 1. The monoisotopic (exact) mass is 410 g/mol. The maximum absolute atomic E-state index is 13.3. The van der Waals surface area contributed by atoms with Gasteiger partial charge in [-0.1, -0.05) is 23.8 Å². The zero-order valence-electron chi connectivity index (χ0n) is 15.7. The summed E-state index contributed by atoms with van der Waals surface area (Å²) >= 11 is 0. The van der Waals surface area contributed by atoms with Crippen molar-refractivity contribution >= 4 is 27.3 Å². The van der Waals surface area contributed by atoms with E-state index in [-0.39, 0.29) is 10.8 Å². The number of rotatable bonds is 4. The summed E-state index contributed by atoms with van der Waals surface area (Å²) in [6, 6.07) is 17.3. The van der Waals surface area contributed by atoms with E-state index in [2.05, 4.69) is 5.32 Å². The number of aryl methyl sites for hydroxylation is 1. The number of hydrogen-bond acceptors (Lipinski definition) is 3. The second-order valence-corrected chi connectivity index (χ2v) is 8.81. The Bertz CT molecular complexity index is 1190. The van der Waals surface area contributed by atoms with Gasteiger partial charge in [-0.2, -0.15) is 0 Å². The lowest BCUT2D eigenvalue weighted by Crippen LogP contribution is -2.29. The van der Waals surface area contributed by atoms with Gasteiger partial charge >= 0.3 is 0 Å². The number of sulfonamides is 1. The quantitative estimate of drug-likeness (QED) is 0.703. The molecule has 1 aliphatic heterocycles. The maximum Gasteiger partial charge on any atom is 0.264 e. The van der Waals surface area contributed by atoms with Gasteiger partial charge in [-0.25, -0.2) is 12.8 Å². The molecule has 0 bridgehead atoms. The van der Waals surface area contributed by atoms with E-state index in [9.17, 15) is 17.6 Å². The van der Waals surface area contributed by atoms with Crippen LogP contribution in [0.5, 0.6) is 0 Å². The summed E-state index contributed by atoms with van der Waals surface area (Å²) in [5.74, 6) is -0.813. The number of fused-ring (bicyclic) bond motifs is 1. The summed E-state index contributed by atoms with van der Waals surface area (Å²) < 4.78 is 40.7. The Morgan fingerprint density at radius 1 is 1.03 bits per heavy atom. The molecule has 0 atom stereocenters. The summed E-state index contributed by atoms with van der Waals surface area (Å²) in [5.41, 5.74) is 3.10. The van der Waals surface area contributed by atoms with Gasteiger partial charge in [0.25, 0.3) is 15.9 Å². The van der Waals surface area contributed by atoms with Gasteiger partial charge in [-0.15, -0.1) is 0 Å². The Morgan fingerprint density at radius 2 is 1.79 bits per heavy atom. The second kappa shape index (κ2) is 7.33. The van der Waals surface area contributed by atoms with Crippen molar-refractivity contribution in [2.45, 2.75) is 18.2 Å². The second-order valence-electron chi connectivity index (χ2n) is 6.95. The fourth-order valence-electron chi connectivity index (χ4n) is 3.37. The molecule has 148 valence electrons. The summed E-state index contributed by atoms with van der Waals surface area (Å²) in [6.07, 6.45) is 0.515. The first-order valence-electron chi connectivity index (χ1n) is 9.14. The van der Waals surface area contributed by atoms with Crippen LogP contribution in [0.1, 0.15) is 21.5 Å². The number of hydrogen-bond donors (Lipinski definition) is 1. The van der Waals surface area contributed by atoms with E-state index in [4.69, 9.17) is 0 Å². The van der Waals surface area contributed by atoms with Crippen LogP contribution in [0.4, 0.5) is 15.8 Å². The Morgan fingerprint density at radius 3 is 2.52 bits per heavy atom. The van der Waals surface area contributed by atoms with Gasteiger partial charge in [0.1, 0.15) is 5.82 Å². The molecule has 0 unspecified atom stereocenters. The molecule has 1 N–H and O–H groups in total. The van der Waals surface area contributed by atoms with Crippen molar-refractivity contribution in [2.75, 3.05) is 16.2 Å². The average molecular weight is 410 g/mol. The van der Waals surface area contributed by atoms with Gasteiger partial charge in [0.2, 0.25) is 0 Å². The number of anilines is 2. The number of amides is 1. The molecular formula is C22H19FN2O3S. The Balaban J connectivity index is 1.59. The fraction of sp³-hybridized carbons (Fsp3) is 0.136. The summed E-state index contributed by atoms with van der Waals surface area (Å²) in [7, 11) is -3.66. The topological polar surface area (TPSA) is 66.5 Å². The van der Waals surface area contributed by atoms with Gasteiger partial charge in [0, 0.05) is 17.8 Å². The van der Waals surface area contributed by atoms with Crippen molar-refractivity contribution in [1.82, 2.24) is 0 Å². The number of carbonyl (C=O) groups is 1. The molecule has 4 rings (SSSR count). The molecule has 29 heavy (non-hydrogen) atoms. The molecule has 0 saturated carbocycles. The zero-order chi connectivity index (χ0) is 20.6. The van der Waals surface area contributed by atoms with E-state index in [1.54, 1.807) is 48.5 Å². The minimum atomic E-state index is -3.66. The van der Waals surface area contributed by atoms with E-state index < -0.39 is 15.8 Å². The average Bonchev–Trinajstić information content (AvgIpc) is 3.12. The maximum atomic E-state index is 13.3. The minimum Gasteiger partial charge on any atom is -0.322 e. The molecule has 1 aliphatic rings. The predicted octanol–water partition coefficient (Wildman–Crippen LogP) is 4.14. The molecule has 0 radical (unpaired) electrons. The van der Waals surface area contributed by atoms with Crippen molar-refractivity contribution in [3.05, 3.63) is 89.2 Å². The SMILES string of the molecule is Cc1ccc(S(=O)(=O)N2CCc3cc(C(=O)Nc4cccc(F)c4)ccc32)cc1. The Labute approximate surface area is 168 Å². The van der Waals surface area contributed by atoms with Gasteiger partial charge in [0.15, 0.2) is 0 Å². The highest BCUT2D eigenvalue weighted by atomic mass is 32.2. The highest BCUT2D eigenvalue weighted by molar-refractivity contribution is 7.92. The van der Waals surface area contributed by atoms with Crippen LogP contribution in [-0.2, 0) is 16.4 Å². The minimum absolute atomic E-state index is 0.240. The number of nitrogens with zero attached hydrogens (tertiary/aromatic N) is 1. The summed E-state index contributed by atoms with van der Waals surface area (Å²) in [5, 5.41) is 2.65. The van der Waals surface area contributed by atoms with Gasteiger partial charge in [0.05, 0.1) is 10.6 Å². The van der Waals surface area contributed by atoms with Crippen LogP contribution >= 0.6 is 0 Å². The molecule has 0 aliphatic carbocycles. The van der Waals surface area contributed by atoms with Crippen LogP contribution in [0.3, 0.4) is 0 Å². The van der Waals surface area contributed by atoms with Crippen LogP contribution in [0.25, 0.3) is 0 Å². The van der Waals surface area contributed by atoms with E-state index in [0.29, 0.717) is 29.9 Å². The Hall–Kier alpha value is -3.19. The first kappa shape index (κ1) is 19.1. The first-order valence-corrected chi connectivity index (χ1v) is 10.6. The normalized spacial score (nSPS) is 13.2. The van der Waals surface area contributed by atoms with Crippen molar-refractivity contribution in [3.63, 3.8) is 0 Å². The highest BCUT2D eigenvalue weighted by Gasteiger charge is 2.31. The lowest BCUT2D eigenvalue weighted by atomic mass is 10.1. The number of benzene rings is 3. The predicted molar refractivity (Wildman–Crippen MR) is 110 cm³/mol. The number of carbonyl (C=O) groups excluding carboxylic acids is 1. The lowest BCUT2D eigenvalue weighted by molar-refractivity contribution is 0.102. The van der Waals surface area contributed by atoms with Crippen LogP contribution < -0.4 is 9.62 Å². The molecular weight excluding hydrogens is 391 g/mol. The van der Waals surface area contributed by atoms with Crippen molar-refractivity contribution in [2.24, 2.45) is 0 Å². The van der Waals surface area contributed by atoms with Gasteiger partial charge < -0.3 is 5.32 Å². The molecule has 7 heteroatoms. The largest absolute Gasteiger partial charge is 0.322 e. The summed E-state index contributed by atoms with van der Waals surface area (Å²) in [4.78, 5) is 12.7. The molecule has 0 saturated heterocycles. The van der Waals surface area contributed by atoms with E-state index in [1.165, 1.54) is 22.5 Å². The smallest absolute Gasteiger partial charge is 0.264 e. The van der Waals surface area contributed by atoms with E-state index in [0.717, 1.165) is 11.1 Å². The molecule has 1 heterocycles. The highest BCUT2D eigenvalue weighted by Crippen LogP contribution is 2.33. The van der Waals surface area contributed by atoms with Crippen LogP contribution in [0.15, 0.2) is 71.6 Å². The lowest BCUT2D eigenvalue weighted by Gasteiger charge is -2.20. The third-order valence-electron chi connectivity index (χ3n) is 4.89. The zero-order valence-corrected chi connectivity index (χ0v) is 16.5. The molecule has 5 nitrogen and oxygen atoms in total. The Kier molecular flexibility index (Phi) is 4.84. The molecule has 0 spiro atoms. The van der Waals surface area contributed by atoms with Gasteiger partial charge in [-0.05, 0) is 67.4 Å². The van der Waals surface area contributed by atoms with Crippen LogP contribution in [0, 0.1) is 12.7 Å². The van der Waals surface area contributed by atoms with E-state index >= 15 is 0 Å². The number of halogens is 1. The molecule has 3 aromatic rings. The molecule has 1 amide bonds. The van der Waals surface area contributed by atoms with Crippen molar-refractivity contribution in [1.29, 1.82) is 0 Å². The molecule has 0 aromatic heterocycles. The summed E-state index contributed by atoms with van der Waals surface area (Å²) in [6.45, 7) is 2.22. The van der Waals surface area contributed by atoms with Crippen molar-refractivity contribution < 1.29 is 17.6 Å². The standard InChI is InChI=1S/C22H19FN2O3S/c1-15-5-8-20(9-6-15)29(27,28)25-12-11-16-13-17(7-10-21(16)25)22(26)24-19-4-2-3-18(23)14-19/h2-10,13-14H,11-12H2,1H3,(H,24,26). The third kappa shape index (κ3) is 3.73. The van der Waals surface area contributed by atoms with Gasteiger partial charge in [-0.3, -0.25) is 9.10 Å². The molecule has 0 fully saturated rings. The fourth-order valence-corrected chi connectivity index (χ4v) is 4.87.